The standard InChI is InChI=1S/C29H39N9O2S/c1-29(2)15-18-16-31-27(30)33-23(18)25-22(29)24(34-36(25)4)26(40)35(3)28-32-19(17-41-28)14-21(39)38-12-8-20(9-13-38)37-10-6-5-7-11-37/h16-17,20H,5-15H2,1-4H3,(H2,30,31,33). The Balaban J connectivity index is 1.14. The zero-order valence-corrected chi connectivity index (χ0v) is 25.2. The van der Waals surface area contributed by atoms with E-state index in [9.17, 15) is 9.59 Å². The normalized spacial score (nSPS) is 19.1. The summed E-state index contributed by atoms with van der Waals surface area (Å²) >= 11 is 1.37. The smallest absolute Gasteiger partial charge is 0.280 e. The lowest BCUT2D eigenvalue weighted by Gasteiger charge is -2.40. The first-order valence-electron chi connectivity index (χ1n) is 14.6. The minimum Gasteiger partial charge on any atom is -0.368 e. The summed E-state index contributed by atoms with van der Waals surface area (Å²) in [4.78, 5) is 46.4. The van der Waals surface area contributed by atoms with Crippen LogP contribution in [0, 0.1) is 0 Å². The van der Waals surface area contributed by atoms with Crippen molar-refractivity contribution in [3.05, 3.63) is 34.1 Å². The van der Waals surface area contributed by atoms with Crippen LogP contribution in [0.15, 0.2) is 11.6 Å². The molecule has 3 aliphatic rings. The molecule has 12 heteroatoms. The van der Waals surface area contributed by atoms with Crippen molar-refractivity contribution in [1.82, 2.24) is 34.5 Å². The minimum absolute atomic E-state index is 0.105. The Morgan fingerprint density at radius 2 is 1.85 bits per heavy atom. The summed E-state index contributed by atoms with van der Waals surface area (Å²) in [5, 5.41) is 7.08. The lowest BCUT2D eigenvalue weighted by atomic mass is 9.73. The molecular formula is C29H39N9O2S. The van der Waals surface area contributed by atoms with E-state index in [1.54, 1.807) is 17.9 Å². The van der Waals surface area contributed by atoms with Gasteiger partial charge in [0.15, 0.2) is 10.8 Å². The number of nitrogens with two attached hydrogens (primary N) is 1. The van der Waals surface area contributed by atoms with Crippen molar-refractivity contribution in [2.45, 2.75) is 70.3 Å². The van der Waals surface area contributed by atoms with E-state index in [2.05, 4.69) is 38.8 Å². The van der Waals surface area contributed by atoms with Crippen LogP contribution in [-0.2, 0) is 30.1 Å². The van der Waals surface area contributed by atoms with Gasteiger partial charge < -0.3 is 15.5 Å². The van der Waals surface area contributed by atoms with Crippen LogP contribution in [0.25, 0.3) is 11.4 Å². The van der Waals surface area contributed by atoms with Crippen molar-refractivity contribution in [2.24, 2.45) is 7.05 Å². The Kier molecular flexibility index (Phi) is 7.31. The fourth-order valence-corrected chi connectivity index (χ4v) is 7.50. The molecule has 218 valence electrons. The van der Waals surface area contributed by atoms with E-state index in [0.717, 1.165) is 48.4 Å². The number of aromatic nitrogens is 5. The Labute approximate surface area is 244 Å². The molecule has 2 aliphatic heterocycles. The van der Waals surface area contributed by atoms with E-state index in [1.165, 1.54) is 48.6 Å². The van der Waals surface area contributed by atoms with E-state index in [-0.39, 0.29) is 29.6 Å². The predicted molar refractivity (Wildman–Crippen MR) is 159 cm³/mol. The number of nitrogens with zero attached hydrogens (tertiary/aromatic N) is 8. The summed E-state index contributed by atoms with van der Waals surface area (Å²) in [6, 6.07) is 0.602. The Morgan fingerprint density at radius 1 is 1.12 bits per heavy atom. The average Bonchev–Trinajstić information content (AvgIpc) is 3.58. The fraction of sp³-hybridized carbons (Fsp3) is 0.586. The van der Waals surface area contributed by atoms with Crippen LogP contribution in [-0.4, -0.2) is 85.6 Å². The molecule has 1 aliphatic carbocycles. The summed E-state index contributed by atoms with van der Waals surface area (Å²) in [5.74, 6) is 0.0534. The molecule has 0 radical (unpaired) electrons. The van der Waals surface area contributed by atoms with Crippen LogP contribution in [0.3, 0.4) is 0 Å². The predicted octanol–water partition coefficient (Wildman–Crippen LogP) is 3.05. The molecule has 0 atom stereocenters. The molecule has 2 saturated heterocycles. The van der Waals surface area contributed by atoms with Gasteiger partial charge in [-0.3, -0.25) is 19.2 Å². The lowest BCUT2D eigenvalue weighted by Crippen LogP contribution is -2.48. The van der Waals surface area contributed by atoms with Crippen molar-refractivity contribution in [1.29, 1.82) is 0 Å². The number of piperidine rings is 2. The fourth-order valence-electron chi connectivity index (χ4n) is 6.71. The van der Waals surface area contributed by atoms with Crippen LogP contribution >= 0.6 is 11.3 Å². The number of rotatable bonds is 5. The van der Waals surface area contributed by atoms with Crippen molar-refractivity contribution >= 4 is 34.2 Å². The third-order valence-corrected chi connectivity index (χ3v) is 9.82. The van der Waals surface area contributed by atoms with Crippen molar-refractivity contribution in [3.63, 3.8) is 0 Å². The Hall–Kier alpha value is -3.38. The number of carbonyl (C=O) groups is 2. The molecule has 11 nitrogen and oxygen atoms in total. The first kappa shape index (κ1) is 27.8. The second kappa shape index (κ2) is 10.8. The van der Waals surface area contributed by atoms with Crippen LogP contribution < -0.4 is 10.6 Å². The van der Waals surface area contributed by atoms with Crippen LogP contribution in [0.4, 0.5) is 11.1 Å². The third kappa shape index (κ3) is 5.23. The van der Waals surface area contributed by atoms with E-state index in [4.69, 9.17) is 5.73 Å². The van der Waals surface area contributed by atoms with Gasteiger partial charge in [0.2, 0.25) is 11.9 Å². The van der Waals surface area contributed by atoms with Gasteiger partial charge in [-0.1, -0.05) is 20.3 Å². The molecule has 2 fully saturated rings. The largest absolute Gasteiger partial charge is 0.368 e. The van der Waals surface area contributed by atoms with Gasteiger partial charge in [0.25, 0.3) is 5.91 Å². The molecule has 0 saturated carbocycles. The molecule has 0 unspecified atom stereocenters. The second-order valence-corrected chi connectivity index (χ2v) is 13.1. The molecule has 6 rings (SSSR count). The molecular weight excluding hydrogens is 538 g/mol. The van der Waals surface area contributed by atoms with Gasteiger partial charge in [-0.2, -0.15) is 5.10 Å². The van der Waals surface area contributed by atoms with Gasteiger partial charge in [-0.05, 0) is 56.2 Å². The number of thiazole rings is 1. The van der Waals surface area contributed by atoms with Gasteiger partial charge in [-0.15, -0.1) is 11.3 Å². The number of hydrogen-bond donors (Lipinski definition) is 1. The number of hydrogen-bond acceptors (Lipinski definition) is 9. The highest BCUT2D eigenvalue weighted by atomic mass is 32.1. The summed E-state index contributed by atoms with van der Waals surface area (Å²) in [6.45, 7) is 8.20. The van der Waals surface area contributed by atoms with Crippen LogP contribution in [0.5, 0.6) is 0 Å². The summed E-state index contributed by atoms with van der Waals surface area (Å²) in [6.07, 6.45) is 8.69. The highest BCUT2D eigenvalue weighted by Gasteiger charge is 2.40. The maximum Gasteiger partial charge on any atom is 0.280 e. The molecule has 5 heterocycles. The van der Waals surface area contributed by atoms with E-state index in [0.29, 0.717) is 29.0 Å². The van der Waals surface area contributed by atoms with Gasteiger partial charge >= 0.3 is 0 Å². The maximum absolute atomic E-state index is 13.8. The topological polar surface area (TPSA) is 126 Å². The number of anilines is 2. The summed E-state index contributed by atoms with van der Waals surface area (Å²) in [7, 11) is 3.53. The van der Waals surface area contributed by atoms with Crippen LogP contribution in [0.2, 0.25) is 0 Å². The average molecular weight is 578 g/mol. The van der Waals surface area contributed by atoms with E-state index in [1.807, 2.05) is 17.3 Å². The second-order valence-electron chi connectivity index (χ2n) is 12.2. The Morgan fingerprint density at radius 3 is 2.59 bits per heavy atom. The van der Waals surface area contributed by atoms with Crippen molar-refractivity contribution < 1.29 is 9.59 Å². The highest BCUT2D eigenvalue weighted by Crippen LogP contribution is 2.44. The van der Waals surface area contributed by atoms with Gasteiger partial charge in [-0.25, -0.2) is 15.0 Å². The lowest BCUT2D eigenvalue weighted by molar-refractivity contribution is -0.132. The quantitative estimate of drug-likeness (QED) is 0.490. The first-order valence-corrected chi connectivity index (χ1v) is 15.4. The Bertz CT molecular complexity index is 1460. The SMILES string of the molecule is CN(C(=O)c1nn(C)c2c1C(C)(C)Cc1cnc(N)nc1-2)c1nc(CC(=O)N2CCC(N3CCCCC3)CC2)cs1. The van der Waals surface area contributed by atoms with E-state index < -0.39 is 0 Å². The number of amides is 2. The van der Waals surface area contributed by atoms with Gasteiger partial charge in [0.1, 0.15) is 0 Å². The number of likely N-dealkylation sites (tertiary alicyclic amines) is 2. The molecule has 2 amide bonds. The third-order valence-electron chi connectivity index (χ3n) is 8.85. The number of carbonyl (C=O) groups excluding carboxylic acids is 2. The first-order chi connectivity index (χ1) is 19.6. The monoisotopic (exact) mass is 577 g/mol. The zero-order chi connectivity index (χ0) is 28.9. The van der Waals surface area contributed by atoms with Gasteiger partial charge in [0.05, 0.1) is 23.5 Å². The molecule has 3 aromatic rings. The van der Waals surface area contributed by atoms with Crippen LogP contribution in [0.1, 0.15) is 73.3 Å². The van der Waals surface area contributed by atoms with Gasteiger partial charge in [0, 0.05) is 50.4 Å². The van der Waals surface area contributed by atoms with Crippen molar-refractivity contribution in [2.75, 3.05) is 43.9 Å². The van der Waals surface area contributed by atoms with Crippen molar-refractivity contribution in [3.8, 4) is 11.4 Å². The summed E-state index contributed by atoms with van der Waals surface area (Å²) < 4.78 is 1.71. The molecule has 0 spiro atoms. The zero-order valence-electron chi connectivity index (χ0n) is 24.4. The molecule has 3 aromatic heterocycles. The minimum atomic E-state index is -0.357. The maximum atomic E-state index is 13.8. The summed E-state index contributed by atoms with van der Waals surface area (Å²) in [5.41, 5.74) is 9.96. The number of fused-ring (bicyclic) bond motifs is 3. The molecule has 2 N–H and O–H groups in total. The molecule has 0 aromatic carbocycles. The number of nitrogen functional groups attached to an aromatic ring is 1. The highest BCUT2D eigenvalue weighted by molar-refractivity contribution is 7.14. The number of aryl methyl sites for hydroxylation is 1. The molecule has 41 heavy (non-hydrogen) atoms. The molecule has 0 bridgehead atoms. The van der Waals surface area contributed by atoms with E-state index >= 15 is 0 Å².